The normalized spacial score (nSPS) is 16.5. The maximum atomic E-state index is 12.7. The molecule has 1 heterocycles. The van der Waals surface area contributed by atoms with E-state index in [1.54, 1.807) is 4.90 Å². The van der Waals surface area contributed by atoms with Crippen LogP contribution in [0.25, 0.3) is 0 Å². The summed E-state index contributed by atoms with van der Waals surface area (Å²) < 4.78 is 0. The van der Waals surface area contributed by atoms with E-state index in [9.17, 15) is 4.79 Å². The van der Waals surface area contributed by atoms with Crippen LogP contribution in [-0.2, 0) is 11.3 Å². The van der Waals surface area contributed by atoms with Gasteiger partial charge in [-0.3, -0.25) is 4.79 Å². The molecule has 1 aliphatic rings. The summed E-state index contributed by atoms with van der Waals surface area (Å²) >= 11 is 0. The van der Waals surface area contributed by atoms with Crippen molar-refractivity contribution in [3.05, 3.63) is 65.7 Å². The minimum absolute atomic E-state index is 0.194. The van der Waals surface area contributed by atoms with Crippen LogP contribution >= 0.6 is 0 Å². The lowest BCUT2D eigenvalue weighted by atomic mass is 10.1. The summed E-state index contributed by atoms with van der Waals surface area (Å²) in [7, 11) is 0. The molecule has 1 amide bonds. The average molecular weight is 338 g/mol. The van der Waals surface area contributed by atoms with E-state index in [1.165, 1.54) is 11.1 Å². The number of nitrogens with zero attached hydrogens (tertiary/aromatic N) is 1. The largest absolute Gasteiger partial charge is 0.374 e. The van der Waals surface area contributed by atoms with Gasteiger partial charge in [0.1, 0.15) is 12.6 Å². The average Bonchev–Trinajstić information content (AvgIpc) is 2.64. The van der Waals surface area contributed by atoms with Crippen molar-refractivity contribution in [1.82, 2.24) is 4.90 Å². The van der Waals surface area contributed by atoms with E-state index >= 15 is 0 Å². The van der Waals surface area contributed by atoms with Crippen molar-refractivity contribution >= 4 is 11.6 Å². The summed E-state index contributed by atoms with van der Waals surface area (Å²) in [6.45, 7) is 8.75. The molecule has 25 heavy (non-hydrogen) atoms. The minimum Gasteiger partial charge on any atom is -0.374 e. The van der Waals surface area contributed by atoms with Crippen LogP contribution in [0.2, 0.25) is 0 Å². The van der Waals surface area contributed by atoms with Crippen molar-refractivity contribution in [2.24, 2.45) is 0 Å². The maximum Gasteiger partial charge on any atom is 0.245 e. The molecular formula is C21H28N3O+. The van der Waals surface area contributed by atoms with Crippen molar-refractivity contribution in [3.8, 4) is 0 Å². The number of hydrogen-bond acceptors (Lipinski definition) is 2. The predicted octanol–water partition coefficient (Wildman–Crippen LogP) is 1.72. The molecule has 2 aromatic rings. The Balaban J connectivity index is 1.48. The topological polar surface area (TPSA) is 36.8 Å². The fourth-order valence-electron chi connectivity index (χ4n) is 3.34. The molecule has 0 saturated carbocycles. The minimum atomic E-state index is -0.196. The predicted molar refractivity (Wildman–Crippen MR) is 102 cm³/mol. The lowest BCUT2D eigenvalue weighted by molar-refractivity contribution is -0.917. The van der Waals surface area contributed by atoms with Crippen LogP contribution in [0, 0.1) is 6.92 Å². The molecule has 1 atom stereocenters. The van der Waals surface area contributed by atoms with Gasteiger partial charge in [-0.15, -0.1) is 0 Å². The monoisotopic (exact) mass is 338 g/mol. The van der Waals surface area contributed by atoms with Gasteiger partial charge >= 0.3 is 0 Å². The van der Waals surface area contributed by atoms with Crippen LogP contribution in [-0.4, -0.2) is 43.0 Å². The second kappa shape index (κ2) is 8.17. The Morgan fingerprint density at radius 2 is 1.72 bits per heavy atom. The van der Waals surface area contributed by atoms with Gasteiger partial charge in [-0.2, -0.15) is 0 Å². The van der Waals surface area contributed by atoms with Crippen molar-refractivity contribution in [2.75, 3.05) is 31.5 Å². The van der Waals surface area contributed by atoms with Gasteiger partial charge in [0.05, 0.1) is 26.2 Å². The Hall–Kier alpha value is -2.33. The standard InChI is InChI=1S/C21H27N3O/c1-17-8-10-20(11-9-17)22-18(2)21(25)24-14-12-23(13-15-24)16-19-6-4-3-5-7-19/h3-11,18,22H,12-16H2,1-2H3/p+1/t18-/m0/s1. The molecule has 0 aliphatic carbocycles. The Bertz CT molecular complexity index is 676. The summed E-state index contributed by atoms with van der Waals surface area (Å²) in [6.07, 6.45) is 0. The highest BCUT2D eigenvalue weighted by Crippen LogP contribution is 2.11. The summed E-state index contributed by atoms with van der Waals surface area (Å²) in [5.74, 6) is 0.194. The molecule has 3 rings (SSSR count). The molecule has 4 nitrogen and oxygen atoms in total. The molecule has 132 valence electrons. The van der Waals surface area contributed by atoms with Crippen LogP contribution in [0.4, 0.5) is 5.69 Å². The van der Waals surface area contributed by atoms with Crippen LogP contribution in [0.15, 0.2) is 54.6 Å². The summed E-state index contributed by atoms with van der Waals surface area (Å²) in [4.78, 5) is 16.2. The van der Waals surface area contributed by atoms with Crippen molar-refractivity contribution in [1.29, 1.82) is 0 Å². The van der Waals surface area contributed by atoms with Gasteiger partial charge in [0.25, 0.3) is 0 Å². The second-order valence-corrected chi connectivity index (χ2v) is 6.97. The molecular weight excluding hydrogens is 310 g/mol. The Kier molecular flexibility index (Phi) is 5.71. The summed E-state index contributed by atoms with van der Waals surface area (Å²) in [6, 6.07) is 18.6. The van der Waals surface area contributed by atoms with Crippen LogP contribution in [0.3, 0.4) is 0 Å². The first kappa shape index (κ1) is 17.5. The SMILES string of the molecule is Cc1ccc(N[C@@H](C)C(=O)N2CC[NH+](Cc3ccccc3)CC2)cc1. The van der Waals surface area contributed by atoms with E-state index in [-0.39, 0.29) is 11.9 Å². The summed E-state index contributed by atoms with van der Waals surface area (Å²) in [5.41, 5.74) is 3.59. The van der Waals surface area contributed by atoms with Gasteiger partial charge < -0.3 is 15.1 Å². The van der Waals surface area contributed by atoms with E-state index in [1.807, 2.05) is 24.0 Å². The lowest BCUT2D eigenvalue weighted by Crippen LogP contribution is -3.13. The molecule has 1 saturated heterocycles. The number of carbonyl (C=O) groups is 1. The van der Waals surface area contributed by atoms with Gasteiger partial charge in [0, 0.05) is 11.3 Å². The molecule has 0 radical (unpaired) electrons. The highest BCUT2D eigenvalue weighted by Gasteiger charge is 2.26. The molecule has 2 aromatic carbocycles. The van der Waals surface area contributed by atoms with Crippen LogP contribution in [0.5, 0.6) is 0 Å². The molecule has 0 aromatic heterocycles. The molecule has 0 bridgehead atoms. The number of anilines is 1. The number of quaternary nitrogens is 1. The highest BCUT2D eigenvalue weighted by atomic mass is 16.2. The third-order valence-electron chi connectivity index (χ3n) is 4.88. The Morgan fingerprint density at radius 3 is 2.36 bits per heavy atom. The smallest absolute Gasteiger partial charge is 0.245 e. The van der Waals surface area contributed by atoms with Crippen LogP contribution < -0.4 is 10.2 Å². The first-order valence-corrected chi connectivity index (χ1v) is 9.11. The number of benzene rings is 2. The van der Waals surface area contributed by atoms with E-state index < -0.39 is 0 Å². The molecule has 4 heteroatoms. The molecule has 0 spiro atoms. The van der Waals surface area contributed by atoms with E-state index in [2.05, 4.69) is 54.7 Å². The van der Waals surface area contributed by atoms with E-state index in [4.69, 9.17) is 0 Å². The first-order chi connectivity index (χ1) is 12.1. The Morgan fingerprint density at radius 1 is 1.08 bits per heavy atom. The number of hydrogen-bond donors (Lipinski definition) is 2. The molecule has 0 unspecified atom stereocenters. The number of nitrogens with one attached hydrogen (secondary N) is 2. The second-order valence-electron chi connectivity index (χ2n) is 6.97. The van der Waals surface area contributed by atoms with Gasteiger partial charge in [-0.1, -0.05) is 48.0 Å². The van der Waals surface area contributed by atoms with Gasteiger partial charge in [-0.05, 0) is 26.0 Å². The third kappa shape index (κ3) is 4.83. The highest BCUT2D eigenvalue weighted by molar-refractivity contribution is 5.84. The number of carbonyl (C=O) groups excluding carboxylic acids is 1. The summed E-state index contributed by atoms with van der Waals surface area (Å²) in [5, 5.41) is 3.32. The van der Waals surface area contributed by atoms with E-state index in [0.717, 1.165) is 38.4 Å². The fraction of sp³-hybridized carbons (Fsp3) is 0.381. The van der Waals surface area contributed by atoms with Crippen molar-refractivity contribution < 1.29 is 9.69 Å². The maximum absolute atomic E-state index is 12.7. The quantitative estimate of drug-likeness (QED) is 0.871. The van der Waals surface area contributed by atoms with Gasteiger partial charge in [0.2, 0.25) is 5.91 Å². The zero-order valence-corrected chi connectivity index (χ0v) is 15.2. The molecule has 2 N–H and O–H groups in total. The first-order valence-electron chi connectivity index (χ1n) is 9.11. The van der Waals surface area contributed by atoms with Crippen molar-refractivity contribution in [3.63, 3.8) is 0 Å². The zero-order valence-electron chi connectivity index (χ0n) is 15.2. The van der Waals surface area contributed by atoms with E-state index in [0.29, 0.717) is 0 Å². The molecule has 1 fully saturated rings. The third-order valence-corrected chi connectivity index (χ3v) is 4.88. The Labute approximate surface area is 150 Å². The lowest BCUT2D eigenvalue weighted by Gasteiger charge is -2.34. The van der Waals surface area contributed by atoms with Gasteiger partial charge in [0.15, 0.2) is 0 Å². The van der Waals surface area contributed by atoms with Crippen LogP contribution in [0.1, 0.15) is 18.1 Å². The number of amides is 1. The van der Waals surface area contributed by atoms with Gasteiger partial charge in [-0.25, -0.2) is 0 Å². The number of rotatable bonds is 5. The fourth-order valence-corrected chi connectivity index (χ4v) is 3.34. The van der Waals surface area contributed by atoms with Crippen molar-refractivity contribution in [2.45, 2.75) is 26.4 Å². The molecule has 1 aliphatic heterocycles. The zero-order chi connectivity index (χ0) is 17.6. The number of aryl methyl sites for hydroxylation is 1. The number of piperazine rings is 1.